The van der Waals surface area contributed by atoms with E-state index < -0.39 is 0 Å². The van der Waals surface area contributed by atoms with Gasteiger partial charge in [-0.25, -0.2) is 0 Å². The molecule has 0 radical (unpaired) electrons. The summed E-state index contributed by atoms with van der Waals surface area (Å²) >= 11 is 0. The number of hydrogen-bond acceptors (Lipinski definition) is 4. The van der Waals surface area contributed by atoms with E-state index in [0.717, 1.165) is 39.3 Å². The number of amides is 2. The molecule has 0 aromatic heterocycles. The van der Waals surface area contributed by atoms with Crippen molar-refractivity contribution in [2.75, 3.05) is 39.3 Å². The molecule has 4 unspecified atom stereocenters. The molecule has 0 N–H and O–H groups in total. The maximum absolute atomic E-state index is 12.7. The lowest BCUT2D eigenvalue weighted by atomic mass is 9.93. The molecule has 2 aliphatic heterocycles. The van der Waals surface area contributed by atoms with Gasteiger partial charge in [0.15, 0.2) is 0 Å². The van der Waals surface area contributed by atoms with Crippen molar-refractivity contribution in [1.82, 2.24) is 19.6 Å². The molecule has 0 aliphatic carbocycles. The maximum atomic E-state index is 12.7. The van der Waals surface area contributed by atoms with E-state index in [1.165, 1.54) is 0 Å². The minimum absolute atomic E-state index is 0.249. The first kappa shape index (κ1) is 26.8. The van der Waals surface area contributed by atoms with Gasteiger partial charge in [-0.1, -0.05) is 53.7 Å². The zero-order chi connectivity index (χ0) is 24.4. The Morgan fingerprint density at radius 1 is 0.625 bits per heavy atom. The summed E-state index contributed by atoms with van der Waals surface area (Å²) in [6.07, 6.45) is 4.56. The fraction of sp³-hybridized carbons (Fsp3) is 0.846. The first-order chi connectivity index (χ1) is 14.6. The maximum Gasteiger partial charge on any atom is 0.228 e. The summed E-state index contributed by atoms with van der Waals surface area (Å²) in [7, 11) is 0. The molecule has 184 valence electrons. The molecule has 2 heterocycles. The number of carbonyl (C=O) groups is 2. The van der Waals surface area contributed by atoms with E-state index in [1.54, 1.807) is 0 Å². The first-order valence-electron chi connectivity index (χ1n) is 12.4. The zero-order valence-electron chi connectivity index (χ0n) is 22.3. The summed E-state index contributed by atoms with van der Waals surface area (Å²) in [5.41, 5.74) is -0.646. The molecule has 4 atom stereocenters. The van der Waals surface area contributed by atoms with E-state index in [2.05, 4.69) is 49.6 Å². The van der Waals surface area contributed by atoms with Crippen LogP contribution in [0.3, 0.4) is 0 Å². The van der Waals surface area contributed by atoms with Gasteiger partial charge >= 0.3 is 0 Å². The van der Waals surface area contributed by atoms with Crippen molar-refractivity contribution in [3.63, 3.8) is 0 Å². The number of carbonyl (C=O) groups excluding carboxylic acids is 2. The Hall–Kier alpha value is -1.40. The predicted molar refractivity (Wildman–Crippen MR) is 132 cm³/mol. The van der Waals surface area contributed by atoms with E-state index in [-0.39, 0.29) is 22.6 Å². The van der Waals surface area contributed by atoms with Gasteiger partial charge in [-0.15, -0.1) is 0 Å². The lowest BCUT2D eigenvalue weighted by molar-refractivity contribution is -0.144. The third-order valence-electron chi connectivity index (χ3n) is 6.86. The monoisotopic (exact) mass is 448 g/mol. The number of rotatable bonds is 4. The van der Waals surface area contributed by atoms with Crippen LogP contribution in [0.5, 0.6) is 0 Å². The van der Waals surface area contributed by atoms with Crippen LogP contribution in [0.15, 0.2) is 12.2 Å². The van der Waals surface area contributed by atoms with Crippen molar-refractivity contribution in [1.29, 1.82) is 0 Å². The van der Waals surface area contributed by atoms with Gasteiger partial charge in [-0.2, -0.15) is 0 Å². The molecule has 2 amide bonds. The van der Waals surface area contributed by atoms with Crippen LogP contribution >= 0.6 is 0 Å². The Labute approximate surface area is 197 Å². The Kier molecular flexibility index (Phi) is 8.60. The standard InChI is InChI=1S/C26H48N4O2/c1-19-15-27(23(31)25(5,6)7)16-20(2)29(19)13-11-12-14-30-21(3)17-28(18-22(30)4)24(32)26(8,9)10/h11-12,19-22H,13-18H2,1-10H3/b12-11+. The van der Waals surface area contributed by atoms with Crippen molar-refractivity contribution in [3.8, 4) is 0 Å². The average molecular weight is 449 g/mol. The summed E-state index contributed by atoms with van der Waals surface area (Å²) in [5, 5.41) is 0. The van der Waals surface area contributed by atoms with E-state index >= 15 is 0 Å². The van der Waals surface area contributed by atoms with Crippen LogP contribution in [0.2, 0.25) is 0 Å². The Bertz CT molecular complexity index is 609. The van der Waals surface area contributed by atoms with E-state index in [0.29, 0.717) is 24.2 Å². The van der Waals surface area contributed by atoms with Crippen molar-refractivity contribution in [3.05, 3.63) is 12.2 Å². The van der Waals surface area contributed by atoms with Crippen LogP contribution in [0, 0.1) is 10.8 Å². The third-order valence-corrected chi connectivity index (χ3v) is 6.86. The first-order valence-corrected chi connectivity index (χ1v) is 12.4. The van der Waals surface area contributed by atoms with Crippen molar-refractivity contribution in [2.24, 2.45) is 10.8 Å². The lowest BCUT2D eigenvalue weighted by Gasteiger charge is -2.46. The quantitative estimate of drug-likeness (QED) is 0.618. The van der Waals surface area contributed by atoms with Crippen LogP contribution in [-0.2, 0) is 9.59 Å². The van der Waals surface area contributed by atoms with Gasteiger partial charge in [0.1, 0.15) is 0 Å². The highest BCUT2D eigenvalue weighted by Gasteiger charge is 2.36. The van der Waals surface area contributed by atoms with Crippen molar-refractivity contribution in [2.45, 2.75) is 93.4 Å². The molecule has 32 heavy (non-hydrogen) atoms. The molecule has 6 nitrogen and oxygen atoms in total. The molecule has 0 saturated carbocycles. The topological polar surface area (TPSA) is 47.1 Å². The molecule has 2 fully saturated rings. The van der Waals surface area contributed by atoms with Crippen LogP contribution in [0.4, 0.5) is 0 Å². The SMILES string of the molecule is CC1CN(C(=O)C(C)(C)C)CC(C)N1C/C=C/CN1C(C)CN(C(=O)C(C)(C)C)CC1C. The molecule has 0 aromatic carbocycles. The summed E-state index contributed by atoms with van der Waals surface area (Å²) in [6.45, 7) is 25.9. The second-order valence-corrected chi connectivity index (χ2v) is 12.2. The summed E-state index contributed by atoms with van der Waals surface area (Å²) < 4.78 is 0. The summed E-state index contributed by atoms with van der Waals surface area (Å²) in [5.74, 6) is 0.497. The Morgan fingerprint density at radius 3 is 1.09 bits per heavy atom. The highest BCUT2D eigenvalue weighted by molar-refractivity contribution is 5.82. The molecule has 0 bridgehead atoms. The Morgan fingerprint density at radius 2 is 0.875 bits per heavy atom. The van der Waals surface area contributed by atoms with Gasteiger partial charge in [0, 0.05) is 74.3 Å². The second-order valence-electron chi connectivity index (χ2n) is 12.2. The summed E-state index contributed by atoms with van der Waals surface area (Å²) in [4.78, 5) is 34.5. The second kappa shape index (κ2) is 10.3. The summed E-state index contributed by atoms with van der Waals surface area (Å²) in [6, 6.07) is 1.39. The van der Waals surface area contributed by atoms with Gasteiger partial charge < -0.3 is 9.80 Å². The van der Waals surface area contributed by atoms with Gasteiger partial charge in [-0.05, 0) is 27.7 Å². The zero-order valence-corrected chi connectivity index (χ0v) is 22.3. The average Bonchev–Trinajstić information content (AvgIpc) is 2.65. The lowest BCUT2D eigenvalue weighted by Crippen LogP contribution is -2.59. The minimum atomic E-state index is -0.323. The van der Waals surface area contributed by atoms with Crippen LogP contribution in [0.25, 0.3) is 0 Å². The highest BCUT2D eigenvalue weighted by atomic mass is 16.2. The fourth-order valence-corrected chi connectivity index (χ4v) is 5.11. The van der Waals surface area contributed by atoms with E-state index in [1.807, 2.05) is 51.3 Å². The molecule has 2 saturated heterocycles. The molecular weight excluding hydrogens is 400 g/mol. The van der Waals surface area contributed by atoms with Crippen molar-refractivity contribution >= 4 is 11.8 Å². The molecular formula is C26H48N4O2. The van der Waals surface area contributed by atoms with Crippen molar-refractivity contribution < 1.29 is 9.59 Å². The number of nitrogens with zero attached hydrogens (tertiary/aromatic N) is 4. The largest absolute Gasteiger partial charge is 0.339 e. The van der Waals surface area contributed by atoms with E-state index in [4.69, 9.17) is 0 Å². The third kappa shape index (κ3) is 6.57. The van der Waals surface area contributed by atoms with Crippen LogP contribution < -0.4 is 0 Å². The Balaban J connectivity index is 1.88. The fourth-order valence-electron chi connectivity index (χ4n) is 5.11. The minimum Gasteiger partial charge on any atom is -0.339 e. The molecule has 2 aliphatic rings. The smallest absolute Gasteiger partial charge is 0.228 e. The molecule has 0 aromatic rings. The predicted octanol–water partition coefficient (Wildman–Crippen LogP) is 3.48. The highest BCUT2D eigenvalue weighted by Crippen LogP contribution is 2.24. The molecule has 2 rings (SSSR count). The van der Waals surface area contributed by atoms with Crippen LogP contribution in [0.1, 0.15) is 69.2 Å². The van der Waals surface area contributed by atoms with Gasteiger partial charge in [-0.3, -0.25) is 19.4 Å². The number of hydrogen-bond donors (Lipinski definition) is 0. The van der Waals surface area contributed by atoms with Gasteiger partial charge in [0.25, 0.3) is 0 Å². The van der Waals surface area contributed by atoms with Gasteiger partial charge in [0.2, 0.25) is 11.8 Å². The van der Waals surface area contributed by atoms with Crippen LogP contribution in [-0.4, -0.2) is 94.8 Å². The molecule has 0 spiro atoms. The van der Waals surface area contributed by atoms with Gasteiger partial charge in [0.05, 0.1) is 0 Å². The molecule has 6 heteroatoms. The number of piperazine rings is 2. The normalized spacial score (nSPS) is 29.1. The van der Waals surface area contributed by atoms with E-state index in [9.17, 15) is 9.59 Å².